The number of ketones is 1. The molecule has 144 valence electrons. The Hall–Kier alpha value is -3.66. The van der Waals surface area contributed by atoms with Gasteiger partial charge in [-0.1, -0.05) is 60.7 Å². The summed E-state index contributed by atoms with van der Waals surface area (Å²) in [4.78, 5) is 24.3. The predicted octanol–water partition coefficient (Wildman–Crippen LogP) is 4.48. The molecule has 0 bridgehead atoms. The van der Waals surface area contributed by atoms with Gasteiger partial charge in [-0.15, -0.1) is 0 Å². The van der Waals surface area contributed by atoms with E-state index >= 15 is 0 Å². The van der Waals surface area contributed by atoms with E-state index in [1.807, 2.05) is 66.9 Å². The zero-order valence-corrected chi connectivity index (χ0v) is 16.5. The van der Waals surface area contributed by atoms with Crippen LogP contribution in [0, 0.1) is 13.8 Å². The van der Waals surface area contributed by atoms with Gasteiger partial charge in [0.2, 0.25) is 0 Å². The second kappa shape index (κ2) is 7.40. The lowest BCUT2D eigenvalue weighted by atomic mass is 9.95. The van der Waals surface area contributed by atoms with Crippen molar-refractivity contribution in [2.45, 2.75) is 20.3 Å². The summed E-state index contributed by atoms with van der Waals surface area (Å²) >= 11 is 0. The SMILES string of the molecule is Cc1c(C(=O)C(N)=O)c2c(C)cccn2c1Cc1ccccc1-c1ccccc1. The Bertz CT molecular complexity index is 1240. The quantitative estimate of drug-likeness (QED) is 0.408. The van der Waals surface area contributed by atoms with Crippen molar-refractivity contribution in [3.63, 3.8) is 0 Å². The van der Waals surface area contributed by atoms with Crippen molar-refractivity contribution in [1.29, 1.82) is 0 Å². The average molecular weight is 382 g/mol. The van der Waals surface area contributed by atoms with Crippen molar-refractivity contribution < 1.29 is 9.59 Å². The average Bonchev–Trinajstić information content (AvgIpc) is 3.01. The number of hydrogen-bond donors (Lipinski definition) is 1. The van der Waals surface area contributed by atoms with Crippen LogP contribution in [0.5, 0.6) is 0 Å². The fourth-order valence-corrected chi connectivity index (χ4v) is 4.03. The third-order valence-corrected chi connectivity index (χ3v) is 5.44. The molecule has 0 aliphatic heterocycles. The molecular formula is C25H22N2O2. The normalized spacial score (nSPS) is 11.0. The lowest BCUT2D eigenvalue weighted by molar-refractivity contribution is -0.114. The first-order chi connectivity index (χ1) is 14.0. The molecule has 2 aromatic heterocycles. The Morgan fingerprint density at radius 1 is 0.897 bits per heavy atom. The number of aryl methyl sites for hydroxylation is 1. The van der Waals surface area contributed by atoms with Crippen LogP contribution in [0.3, 0.4) is 0 Å². The molecule has 4 aromatic rings. The smallest absolute Gasteiger partial charge is 0.289 e. The highest BCUT2D eigenvalue weighted by molar-refractivity contribution is 6.44. The van der Waals surface area contributed by atoms with Crippen LogP contribution in [-0.2, 0) is 11.2 Å². The maximum absolute atomic E-state index is 12.6. The van der Waals surface area contributed by atoms with E-state index in [4.69, 9.17) is 5.73 Å². The molecule has 1 amide bonds. The number of carbonyl (C=O) groups is 2. The third-order valence-electron chi connectivity index (χ3n) is 5.44. The van der Waals surface area contributed by atoms with E-state index < -0.39 is 11.7 Å². The van der Waals surface area contributed by atoms with E-state index in [1.54, 1.807) is 0 Å². The maximum atomic E-state index is 12.6. The highest BCUT2D eigenvalue weighted by atomic mass is 16.2. The number of hydrogen-bond acceptors (Lipinski definition) is 2. The van der Waals surface area contributed by atoms with Gasteiger partial charge in [0.1, 0.15) is 0 Å². The summed E-state index contributed by atoms with van der Waals surface area (Å²) in [6.45, 7) is 3.83. The van der Waals surface area contributed by atoms with E-state index in [1.165, 1.54) is 0 Å². The Kier molecular flexibility index (Phi) is 4.77. The molecule has 2 N–H and O–H groups in total. The van der Waals surface area contributed by atoms with Gasteiger partial charge in [-0.05, 0) is 47.7 Å². The number of primary amides is 1. The number of benzene rings is 2. The molecule has 0 aliphatic carbocycles. The molecule has 0 saturated heterocycles. The summed E-state index contributed by atoms with van der Waals surface area (Å²) in [6, 6.07) is 22.4. The van der Waals surface area contributed by atoms with Gasteiger partial charge in [-0.2, -0.15) is 0 Å². The van der Waals surface area contributed by atoms with Gasteiger partial charge in [0.25, 0.3) is 11.7 Å². The minimum absolute atomic E-state index is 0.405. The zero-order valence-electron chi connectivity index (χ0n) is 16.5. The monoisotopic (exact) mass is 382 g/mol. The second-order valence-electron chi connectivity index (χ2n) is 7.25. The van der Waals surface area contributed by atoms with Crippen LogP contribution in [0.1, 0.15) is 32.7 Å². The molecule has 0 radical (unpaired) electrons. The van der Waals surface area contributed by atoms with Crippen molar-refractivity contribution in [3.8, 4) is 11.1 Å². The molecule has 0 atom stereocenters. The molecule has 0 spiro atoms. The Labute approximate surface area is 169 Å². The van der Waals surface area contributed by atoms with E-state index in [0.717, 1.165) is 39.0 Å². The van der Waals surface area contributed by atoms with E-state index in [0.29, 0.717) is 12.0 Å². The van der Waals surface area contributed by atoms with E-state index in [2.05, 4.69) is 24.3 Å². The van der Waals surface area contributed by atoms with Crippen LogP contribution in [0.2, 0.25) is 0 Å². The zero-order chi connectivity index (χ0) is 20.5. The molecule has 4 heteroatoms. The highest BCUT2D eigenvalue weighted by Crippen LogP contribution is 2.31. The van der Waals surface area contributed by atoms with Gasteiger partial charge in [0.05, 0.1) is 11.1 Å². The lowest BCUT2D eigenvalue weighted by Gasteiger charge is -2.11. The van der Waals surface area contributed by atoms with Crippen molar-refractivity contribution in [2.75, 3.05) is 0 Å². The van der Waals surface area contributed by atoms with Gasteiger partial charge in [0.15, 0.2) is 0 Å². The van der Waals surface area contributed by atoms with Crippen molar-refractivity contribution in [2.24, 2.45) is 5.73 Å². The number of nitrogens with two attached hydrogens (primary N) is 1. The Balaban J connectivity index is 1.92. The molecule has 29 heavy (non-hydrogen) atoms. The van der Waals surface area contributed by atoms with Crippen LogP contribution in [0.4, 0.5) is 0 Å². The number of aromatic nitrogens is 1. The topological polar surface area (TPSA) is 64.6 Å². The predicted molar refractivity (Wildman–Crippen MR) is 115 cm³/mol. The fraction of sp³-hybridized carbons (Fsp3) is 0.120. The van der Waals surface area contributed by atoms with Gasteiger partial charge in [0, 0.05) is 18.3 Å². The molecule has 0 aliphatic rings. The Morgan fingerprint density at radius 3 is 2.31 bits per heavy atom. The van der Waals surface area contributed by atoms with Gasteiger partial charge >= 0.3 is 0 Å². The summed E-state index contributed by atoms with van der Waals surface area (Å²) in [5.41, 5.74) is 12.7. The summed E-state index contributed by atoms with van der Waals surface area (Å²) in [5.74, 6) is -1.57. The van der Waals surface area contributed by atoms with Gasteiger partial charge in [-0.25, -0.2) is 0 Å². The minimum Gasteiger partial charge on any atom is -0.363 e. The summed E-state index contributed by atoms with van der Waals surface area (Å²) < 4.78 is 2.02. The van der Waals surface area contributed by atoms with Gasteiger partial charge in [-0.3, -0.25) is 9.59 Å². The fourth-order valence-electron chi connectivity index (χ4n) is 4.03. The number of Topliss-reactive ketones (excluding diaryl/α,β-unsaturated/α-hetero) is 1. The maximum Gasteiger partial charge on any atom is 0.289 e. The molecule has 0 saturated carbocycles. The standard InChI is InChI=1S/C25H22N2O2/c1-16-9-8-14-27-21(17(2)22(23(16)27)24(28)25(26)29)15-19-12-6-7-13-20(19)18-10-4-3-5-11-18/h3-14H,15H2,1-2H3,(H2,26,29). The molecule has 4 nitrogen and oxygen atoms in total. The first-order valence-corrected chi connectivity index (χ1v) is 9.55. The van der Waals surface area contributed by atoms with Crippen molar-refractivity contribution in [3.05, 3.63) is 101 Å². The lowest BCUT2D eigenvalue weighted by Crippen LogP contribution is -2.23. The first kappa shape index (κ1) is 18.7. The summed E-state index contributed by atoms with van der Waals surface area (Å²) in [6.07, 6.45) is 2.57. The van der Waals surface area contributed by atoms with Crippen LogP contribution >= 0.6 is 0 Å². The molecule has 4 rings (SSSR count). The van der Waals surface area contributed by atoms with E-state index in [-0.39, 0.29) is 0 Å². The second-order valence-corrected chi connectivity index (χ2v) is 7.25. The minimum atomic E-state index is -0.930. The number of nitrogens with zero attached hydrogens (tertiary/aromatic N) is 1. The summed E-state index contributed by atoms with van der Waals surface area (Å²) in [5, 5.41) is 0. The number of fused-ring (bicyclic) bond motifs is 1. The molecule has 2 heterocycles. The van der Waals surface area contributed by atoms with Gasteiger partial charge < -0.3 is 10.1 Å². The Morgan fingerprint density at radius 2 is 1.59 bits per heavy atom. The van der Waals surface area contributed by atoms with Crippen LogP contribution in [0.15, 0.2) is 72.9 Å². The van der Waals surface area contributed by atoms with Crippen LogP contribution < -0.4 is 5.73 Å². The molecular weight excluding hydrogens is 360 g/mol. The third kappa shape index (κ3) is 3.23. The van der Waals surface area contributed by atoms with E-state index in [9.17, 15) is 9.59 Å². The highest BCUT2D eigenvalue weighted by Gasteiger charge is 2.25. The molecule has 2 aromatic carbocycles. The number of rotatable bonds is 5. The number of pyridine rings is 1. The number of carbonyl (C=O) groups excluding carboxylic acids is 2. The molecule has 0 unspecified atom stereocenters. The van der Waals surface area contributed by atoms with Crippen molar-refractivity contribution in [1.82, 2.24) is 4.40 Å². The van der Waals surface area contributed by atoms with Crippen LogP contribution in [0.25, 0.3) is 16.6 Å². The number of amides is 1. The largest absolute Gasteiger partial charge is 0.363 e. The van der Waals surface area contributed by atoms with Crippen LogP contribution in [-0.4, -0.2) is 16.1 Å². The first-order valence-electron chi connectivity index (χ1n) is 9.55. The summed E-state index contributed by atoms with van der Waals surface area (Å²) in [7, 11) is 0. The molecule has 0 fully saturated rings. The van der Waals surface area contributed by atoms with Crippen molar-refractivity contribution >= 4 is 17.2 Å².